The lowest BCUT2D eigenvalue weighted by molar-refractivity contribution is 0.0992. The summed E-state index contributed by atoms with van der Waals surface area (Å²) in [6.45, 7) is 12.1. The zero-order valence-electron chi connectivity index (χ0n) is 15.9. The molecule has 0 radical (unpaired) electrons. The van der Waals surface area contributed by atoms with Crippen molar-refractivity contribution in [3.8, 4) is 5.69 Å². The molecule has 0 aliphatic heterocycles. The predicted octanol–water partition coefficient (Wildman–Crippen LogP) is 3.89. The van der Waals surface area contributed by atoms with E-state index in [4.69, 9.17) is 0 Å². The average Bonchev–Trinajstić information content (AvgIpc) is 2.92. The first-order valence-corrected chi connectivity index (χ1v) is 8.80. The van der Waals surface area contributed by atoms with Crippen LogP contribution >= 0.6 is 0 Å². The van der Waals surface area contributed by atoms with Crippen molar-refractivity contribution in [3.05, 3.63) is 65.5 Å². The molecule has 1 aromatic carbocycles. The molecule has 2 aromatic rings. The molecule has 0 saturated heterocycles. The zero-order chi connectivity index (χ0) is 19.3. The molecule has 1 aromatic heterocycles. The fourth-order valence-electron chi connectivity index (χ4n) is 2.93. The van der Waals surface area contributed by atoms with Gasteiger partial charge in [0.15, 0.2) is 5.78 Å². The van der Waals surface area contributed by atoms with Crippen molar-refractivity contribution >= 4 is 11.8 Å². The minimum absolute atomic E-state index is 0.0421. The molecule has 2 rings (SSSR count). The maximum atomic E-state index is 12.5. The van der Waals surface area contributed by atoms with E-state index in [1.165, 1.54) is 5.56 Å². The summed E-state index contributed by atoms with van der Waals surface area (Å²) < 4.78 is 2.06. The van der Waals surface area contributed by atoms with Gasteiger partial charge in [0, 0.05) is 29.2 Å². The van der Waals surface area contributed by atoms with E-state index in [0.29, 0.717) is 18.0 Å². The Balaban J connectivity index is 2.17. The van der Waals surface area contributed by atoms with Gasteiger partial charge in [0.1, 0.15) is 0 Å². The predicted molar refractivity (Wildman–Crippen MR) is 105 cm³/mol. The Hall–Kier alpha value is -2.82. The number of benzene rings is 1. The third-order valence-corrected chi connectivity index (χ3v) is 4.37. The second-order valence-electron chi connectivity index (χ2n) is 6.64. The summed E-state index contributed by atoms with van der Waals surface area (Å²) in [5, 5.41) is 5.16. The number of hydrogen-bond acceptors (Lipinski definition) is 2. The first-order valence-electron chi connectivity index (χ1n) is 8.80. The summed E-state index contributed by atoms with van der Waals surface area (Å²) >= 11 is 0. The van der Waals surface area contributed by atoms with Crippen LogP contribution in [0, 0.1) is 13.8 Å². The number of urea groups is 1. The molecule has 2 amide bonds. The molecule has 5 nitrogen and oxygen atoms in total. The van der Waals surface area contributed by atoms with E-state index < -0.39 is 0 Å². The van der Waals surface area contributed by atoms with Gasteiger partial charge in [-0.05, 0) is 43.5 Å². The first-order chi connectivity index (χ1) is 12.3. The number of Topliss-reactive ketones (excluding diaryl/α,β-unsaturated/α-hetero) is 1. The number of nitrogens with zero attached hydrogens (tertiary/aromatic N) is 1. The van der Waals surface area contributed by atoms with E-state index in [9.17, 15) is 9.59 Å². The van der Waals surface area contributed by atoms with Gasteiger partial charge in [-0.1, -0.05) is 32.1 Å². The van der Waals surface area contributed by atoms with Crippen molar-refractivity contribution in [1.82, 2.24) is 15.2 Å². The van der Waals surface area contributed by atoms with Crippen LogP contribution in [0.3, 0.4) is 0 Å². The van der Waals surface area contributed by atoms with Gasteiger partial charge in [-0.15, -0.1) is 6.58 Å². The number of ketones is 1. The van der Waals surface area contributed by atoms with Crippen molar-refractivity contribution < 1.29 is 9.59 Å². The van der Waals surface area contributed by atoms with Crippen molar-refractivity contribution in [2.24, 2.45) is 0 Å². The lowest BCUT2D eigenvalue weighted by atomic mass is 10.0. The maximum Gasteiger partial charge on any atom is 0.315 e. The van der Waals surface area contributed by atoms with Gasteiger partial charge >= 0.3 is 6.03 Å². The second kappa shape index (κ2) is 8.52. The summed E-state index contributed by atoms with van der Waals surface area (Å²) in [5.41, 5.74) is 4.79. The Kier molecular flexibility index (Phi) is 6.39. The van der Waals surface area contributed by atoms with Crippen LogP contribution in [0.5, 0.6) is 0 Å². The largest absolute Gasteiger partial charge is 0.335 e. The molecular weight excluding hydrogens is 326 g/mol. The smallest absolute Gasteiger partial charge is 0.315 e. The van der Waals surface area contributed by atoms with E-state index in [-0.39, 0.29) is 18.4 Å². The Labute approximate surface area is 155 Å². The van der Waals surface area contributed by atoms with Crippen molar-refractivity contribution in [2.45, 2.75) is 33.6 Å². The van der Waals surface area contributed by atoms with Gasteiger partial charge in [0.25, 0.3) is 0 Å². The summed E-state index contributed by atoms with van der Waals surface area (Å²) in [6, 6.07) is 9.88. The monoisotopic (exact) mass is 353 g/mol. The van der Waals surface area contributed by atoms with Crippen LogP contribution in [0.1, 0.15) is 47.1 Å². The molecule has 138 valence electrons. The van der Waals surface area contributed by atoms with E-state index >= 15 is 0 Å². The van der Waals surface area contributed by atoms with Gasteiger partial charge in [-0.2, -0.15) is 0 Å². The molecule has 0 spiro atoms. The molecular formula is C21H27N3O2. The summed E-state index contributed by atoms with van der Waals surface area (Å²) in [7, 11) is 0. The van der Waals surface area contributed by atoms with E-state index in [1.54, 1.807) is 6.08 Å². The molecule has 0 aliphatic rings. The number of aryl methyl sites for hydroxylation is 1. The third-order valence-electron chi connectivity index (χ3n) is 4.37. The van der Waals surface area contributed by atoms with Gasteiger partial charge < -0.3 is 15.2 Å². The highest BCUT2D eigenvalue weighted by Gasteiger charge is 2.17. The van der Waals surface area contributed by atoms with Crippen LogP contribution in [0.25, 0.3) is 5.69 Å². The Morgan fingerprint density at radius 1 is 1.15 bits per heavy atom. The zero-order valence-corrected chi connectivity index (χ0v) is 15.9. The van der Waals surface area contributed by atoms with Crippen LogP contribution in [-0.4, -0.2) is 29.5 Å². The maximum absolute atomic E-state index is 12.5. The summed E-state index contributed by atoms with van der Waals surface area (Å²) in [5.74, 6) is 0.364. The quantitative estimate of drug-likeness (QED) is 0.586. The molecule has 2 N–H and O–H groups in total. The lowest BCUT2D eigenvalue weighted by Gasteiger charge is -2.12. The highest BCUT2D eigenvalue weighted by atomic mass is 16.2. The first kappa shape index (κ1) is 19.5. The standard InChI is InChI=1S/C21H27N3O2/c1-6-11-22-21(26)23-13-20(25)19-12-15(4)24(16(19)5)18-9-7-17(8-10-18)14(2)3/h6-10,12,14H,1,11,13H2,2-5H3,(H2,22,23,26). The number of aromatic nitrogens is 1. The number of carbonyl (C=O) groups excluding carboxylic acids is 2. The molecule has 5 heteroatoms. The summed E-state index contributed by atoms with van der Waals surface area (Å²) in [4.78, 5) is 24.1. The highest BCUT2D eigenvalue weighted by Crippen LogP contribution is 2.23. The van der Waals surface area contributed by atoms with E-state index in [0.717, 1.165) is 17.1 Å². The third kappa shape index (κ3) is 4.42. The van der Waals surface area contributed by atoms with E-state index in [1.807, 2.05) is 19.9 Å². The molecule has 0 atom stereocenters. The normalized spacial score (nSPS) is 10.7. The molecule has 0 saturated carbocycles. The molecule has 0 fully saturated rings. The summed E-state index contributed by atoms with van der Waals surface area (Å²) in [6.07, 6.45) is 1.58. The topological polar surface area (TPSA) is 63.1 Å². The van der Waals surface area contributed by atoms with Crippen molar-refractivity contribution in [3.63, 3.8) is 0 Å². The SMILES string of the molecule is C=CCNC(=O)NCC(=O)c1cc(C)n(-c2ccc(C(C)C)cc2)c1C. The fraction of sp³-hybridized carbons (Fsp3) is 0.333. The average molecular weight is 353 g/mol. The van der Waals surface area contributed by atoms with Gasteiger partial charge in [0.05, 0.1) is 6.54 Å². The Morgan fingerprint density at radius 3 is 2.38 bits per heavy atom. The molecule has 0 unspecified atom stereocenters. The van der Waals surface area contributed by atoms with Crippen molar-refractivity contribution in [2.75, 3.05) is 13.1 Å². The van der Waals surface area contributed by atoms with Gasteiger partial charge in [0.2, 0.25) is 0 Å². The molecule has 0 bridgehead atoms. The van der Waals surface area contributed by atoms with Gasteiger partial charge in [-0.3, -0.25) is 4.79 Å². The van der Waals surface area contributed by atoms with Crippen LogP contribution in [0.15, 0.2) is 43.0 Å². The number of rotatable bonds is 7. The number of nitrogens with one attached hydrogen (secondary N) is 2. The minimum Gasteiger partial charge on any atom is -0.335 e. The second-order valence-corrected chi connectivity index (χ2v) is 6.64. The van der Waals surface area contributed by atoms with Crippen LogP contribution < -0.4 is 10.6 Å². The molecule has 26 heavy (non-hydrogen) atoms. The fourth-order valence-corrected chi connectivity index (χ4v) is 2.93. The van der Waals surface area contributed by atoms with Crippen LogP contribution in [0.4, 0.5) is 4.79 Å². The van der Waals surface area contributed by atoms with Crippen LogP contribution in [-0.2, 0) is 0 Å². The minimum atomic E-state index is -0.378. The lowest BCUT2D eigenvalue weighted by Crippen LogP contribution is -2.38. The van der Waals surface area contributed by atoms with Crippen molar-refractivity contribution in [1.29, 1.82) is 0 Å². The number of amides is 2. The van der Waals surface area contributed by atoms with Crippen LogP contribution in [0.2, 0.25) is 0 Å². The molecule has 1 heterocycles. The molecule has 0 aliphatic carbocycles. The number of hydrogen-bond donors (Lipinski definition) is 2. The Bertz CT molecular complexity index is 801. The highest BCUT2D eigenvalue weighted by molar-refractivity contribution is 6.00. The Morgan fingerprint density at radius 2 is 1.81 bits per heavy atom. The number of carbonyl (C=O) groups is 2. The van der Waals surface area contributed by atoms with E-state index in [2.05, 4.69) is 59.9 Å². The van der Waals surface area contributed by atoms with Gasteiger partial charge in [-0.25, -0.2) is 4.79 Å².